The highest BCUT2D eigenvalue weighted by Crippen LogP contribution is 2.26. The van der Waals surface area contributed by atoms with Gasteiger partial charge in [-0.05, 0) is 17.9 Å². The largest absolute Gasteiger partial charge is 0.395 e. The first-order valence-corrected chi connectivity index (χ1v) is 6.65. The lowest BCUT2D eigenvalue weighted by molar-refractivity contribution is 0.277. The summed E-state index contributed by atoms with van der Waals surface area (Å²) in [6.07, 6.45) is 0.985. The molecular weight excluding hydrogens is 240 g/mol. The van der Waals surface area contributed by atoms with E-state index >= 15 is 0 Å². The topological polar surface area (TPSA) is 56.6 Å². The molecule has 0 aliphatic rings. The zero-order chi connectivity index (χ0) is 13.7. The van der Waals surface area contributed by atoms with Crippen LogP contribution < -0.4 is 4.90 Å². The van der Waals surface area contributed by atoms with Crippen LogP contribution in [-0.4, -0.2) is 34.9 Å². The molecule has 2 N–H and O–H groups in total. The molecule has 0 saturated heterocycles. The van der Waals surface area contributed by atoms with E-state index in [0.29, 0.717) is 12.2 Å². The number of benzene rings is 1. The molecule has 0 bridgehead atoms. The van der Waals surface area contributed by atoms with Crippen molar-refractivity contribution >= 4 is 16.6 Å². The van der Waals surface area contributed by atoms with Crippen LogP contribution in [0, 0.1) is 0 Å². The summed E-state index contributed by atoms with van der Waals surface area (Å²) in [5.41, 5.74) is 0.660. The average Bonchev–Trinajstić information content (AvgIpc) is 2.46. The Labute approximate surface area is 113 Å². The van der Waals surface area contributed by atoms with Crippen LogP contribution in [-0.2, 0) is 6.61 Å². The Hall–Kier alpha value is -1.65. The molecule has 0 spiro atoms. The summed E-state index contributed by atoms with van der Waals surface area (Å²) >= 11 is 0. The van der Waals surface area contributed by atoms with Crippen LogP contribution >= 0.6 is 0 Å². The SMILES string of the molecule is CCCN(CCO)c1nc(CO)cc2ccccc12. The predicted octanol–water partition coefficient (Wildman–Crippen LogP) is 1.94. The Morgan fingerprint density at radius 1 is 1.16 bits per heavy atom. The molecule has 1 aromatic heterocycles. The van der Waals surface area contributed by atoms with Crippen LogP contribution in [0.2, 0.25) is 0 Å². The smallest absolute Gasteiger partial charge is 0.136 e. The lowest BCUT2D eigenvalue weighted by atomic mass is 10.1. The molecule has 0 unspecified atom stereocenters. The molecule has 0 radical (unpaired) electrons. The third-order valence-corrected chi connectivity index (χ3v) is 3.10. The summed E-state index contributed by atoms with van der Waals surface area (Å²) in [6, 6.07) is 9.90. The summed E-state index contributed by atoms with van der Waals surface area (Å²) in [5.74, 6) is 0.845. The molecule has 4 heteroatoms. The lowest BCUT2D eigenvalue weighted by Gasteiger charge is -2.24. The summed E-state index contributed by atoms with van der Waals surface area (Å²) in [5, 5.41) is 20.7. The van der Waals surface area contributed by atoms with Gasteiger partial charge in [0.1, 0.15) is 5.82 Å². The molecule has 19 heavy (non-hydrogen) atoms. The minimum absolute atomic E-state index is 0.0725. The Bertz CT molecular complexity index is 537. The molecule has 0 saturated carbocycles. The first-order chi connectivity index (χ1) is 9.30. The van der Waals surface area contributed by atoms with Crippen molar-refractivity contribution < 1.29 is 10.2 Å². The Balaban J connectivity index is 2.54. The molecule has 4 nitrogen and oxygen atoms in total. The second-order valence-corrected chi connectivity index (χ2v) is 4.53. The number of rotatable bonds is 6. The van der Waals surface area contributed by atoms with Gasteiger partial charge in [-0.3, -0.25) is 0 Å². The highest BCUT2D eigenvalue weighted by molar-refractivity contribution is 5.92. The standard InChI is InChI=1S/C15H20N2O2/c1-2-7-17(8-9-18)15-14-6-4-3-5-12(14)10-13(11-19)16-15/h3-6,10,18-19H,2,7-9,11H2,1H3. The van der Waals surface area contributed by atoms with Crippen LogP contribution in [0.4, 0.5) is 5.82 Å². The highest BCUT2D eigenvalue weighted by Gasteiger charge is 2.12. The van der Waals surface area contributed by atoms with E-state index in [9.17, 15) is 10.2 Å². The molecule has 0 atom stereocenters. The summed E-state index contributed by atoms with van der Waals surface area (Å²) in [7, 11) is 0. The second-order valence-electron chi connectivity index (χ2n) is 4.53. The summed E-state index contributed by atoms with van der Waals surface area (Å²) < 4.78 is 0. The third-order valence-electron chi connectivity index (χ3n) is 3.10. The quantitative estimate of drug-likeness (QED) is 0.833. The predicted molar refractivity (Wildman–Crippen MR) is 77.3 cm³/mol. The lowest BCUT2D eigenvalue weighted by Crippen LogP contribution is -2.28. The maximum Gasteiger partial charge on any atom is 0.136 e. The maximum atomic E-state index is 9.33. The second kappa shape index (κ2) is 6.50. The van der Waals surface area contributed by atoms with Gasteiger partial charge in [-0.25, -0.2) is 4.98 Å². The van der Waals surface area contributed by atoms with Crippen LogP contribution in [0.15, 0.2) is 30.3 Å². The number of aliphatic hydroxyl groups is 2. The number of hydrogen-bond acceptors (Lipinski definition) is 4. The number of aliphatic hydroxyl groups excluding tert-OH is 2. The molecule has 2 aromatic rings. The molecule has 1 aromatic carbocycles. The third kappa shape index (κ3) is 3.03. The highest BCUT2D eigenvalue weighted by atomic mass is 16.3. The van der Waals surface area contributed by atoms with Crippen LogP contribution in [0.25, 0.3) is 10.8 Å². The minimum Gasteiger partial charge on any atom is -0.395 e. The first-order valence-electron chi connectivity index (χ1n) is 6.65. The van der Waals surface area contributed by atoms with Crippen molar-refractivity contribution in [1.29, 1.82) is 0 Å². The molecule has 0 amide bonds. The van der Waals surface area contributed by atoms with Gasteiger partial charge in [-0.1, -0.05) is 31.2 Å². The van der Waals surface area contributed by atoms with Crippen LogP contribution in [0.5, 0.6) is 0 Å². The summed E-state index contributed by atoms with van der Waals surface area (Å²) in [6.45, 7) is 3.52. The maximum absolute atomic E-state index is 9.33. The fourth-order valence-corrected chi connectivity index (χ4v) is 2.27. The number of nitrogens with zero attached hydrogens (tertiary/aromatic N) is 2. The molecule has 2 rings (SSSR count). The van der Waals surface area contributed by atoms with Gasteiger partial charge in [0.05, 0.1) is 18.9 Å². The molecule has 0 fully saturated rings. The van der Waals surface area contributed by atoms with Crippen molar-refractivity contribution in [3.8, 4) is 0 Å². The number of hydrogen-bond donors (Lipinski definition) is 2. The minimum atomic E-state index is -0.0725. The normalized spacial score (nSPS) is 10.9. The van der Waals surface area contributed by atoms with Gasteiger partial charge < -0.3 is 15.1 Å². The number of anilines is 1. The monoisotopic (exact) mass is 260 g/mol. The molecule has 1 heterocycles. The number of aromatic nitrogens is 1. The zero-order valence-corrected chi connectivity index (χ0v) is 11.2. The fourth-order valence-electron chi connectivity index (χ4n) is 2.27. The van der Waals surface area contributed by atoms with E-state index in [0.717, 1.165) is 29.6 Å². The van der Waals surface area contributed by atoms with Crippen LogP contribution in [0.3, 0.4) is 0 Å². The van der Waals surface area contributed by atoms with Crippen molar-refractivity contribution in [2.75, 3.05) is 24.6 Å². The van der Waals surface area contributed by atoms with Gasteiger partial charge in [0.25, 0.3) is 0 Å². The Morgan fingerprint density at radius 3 is 2.63 bits per heavy atom. The van der Waals surface area contributed by atoms with E-state index in [-0.39, 0.29) is 13.2 Å². The van der Waals surface area contributed by atoms with E-state index in [1.165, 1.54) is 0 Å². The average molecular weight is 260 g/mol. The molecule has 0 aliphatic carbocycles. The first kappa shape index (κ1) is 13.8. The van der Waals surface area contributed by atoms with Crippen molar-refractivity contribution in [1.82, 2.24) is 4.98 Å². The number of pyridine rings is 1. The van der Waals surface area contributed by atoms with Crippen molar-refractivity contribution in [2.24, 2.45) is 0 Å². The van der Waals surface area contributed by atoms with E-state index in [1.54, 1.807) is 0 Å². The number of fused-ring (bicyclic) bond motifs is 1. The van der Waals surface area contributed by atoms with Crippen molar-refractivity contribution in [2.45, 2.75) is 20.0 Å². The van der Waals surface area contributed by atoms with Crippen LogP contribution in [0.1, 0.15) is 19.0 Å². The van der Waals surface area contributed by atoms with Crippen molar-refractivity contribution in [3.63, 3.8) is 0 Å². The molecular formula is C15H20N2O2. The van der Waals surface area contributed by atoms with Gasteiger partial charge in [-0.15, -0.1) is 0 Å². The van der Waals surface area contributed by atoms with Gasteiger partial charge in [0.2, 0.25) is 0 Å². The van der Waals surface area contributed by atoms with Gasteiger partial charge in [-0.2, -0.15) is 0 Å². The van der Waals surface area contributed by atoms with Gasteiger partial charge in [0, 0.05) is 18.5 Å². The van der Waals surface area contributed by atoms with E-state index in [1.807, 2.05) is 30.3 Å². The zero-order valence-electron chi connectivity index (χ0n) is 11.2. The Morgan fingerprint density at radius 2 is 1.95 bits per heavy atom. The van der Waals surface area contributed by atoms with E-state index < -0.39 is 0 Å². The fraction of sp³-hybridized carbons (Fsp3) is 0.400. The summed E-state index contributed by atoms with van der Waals surface area (Å²) in [4.78, 5) is 6.59. The van der Waals surface area contributed by atoms with Crippen molar-refractivity contribution in [3.05, 3.63) is 36.0 Å². The molecule has 0 aliphatic heterocycles. The van der Waals surface area contributed by atoms with Gasteiger partial charge >= 0.3 is 0 Å². The van der Waals surface area contributed by atoms with E-state index in [2.05, 4.69) is 16.8 Å². The van der Waals surface area contributed by atoms with Gasteiger partial charge in [0.15, 0.2) is 0 Å². The Kier molecular flexibility index (Phi) is 4.71. The van der Waals surface area contributed by atoms with E-state index in [4.69, 9.17) is 0 Å². The molecule has 102 valence electrons.